The van der Waals surface area contributed by atoms with Crippen molar-refractivity contribution in [2.75, 3.05) is 38.3 Å². The summed E-state index contributed by atoms with van der Waals surface area (Å²) >= 11 is 1.50. The van der Waals surface area contributed by atoms with E-state index in [0.29, 0.717) is 23.8 Å². The first-order valence-corrected chi connectivity index (χ1v) is 13.6. The number of anilines is 1. The lowest BCUT2D eigenvalue weighted by atomic mass is 9.89. The number of aryl methyl sites for hydroxylation is 2. The second kappa shape index (κ2) is 10.1. The van der Waals surface area contributed by atoms with E-state index in [1.165, 1.54) is 16.9 Å². The first-order valence-electron chi connectivity index (χ1n) is 12.8. The highest BCUT2D eigenvalue weighted by Crippen LogP contribution is 2.38. The van der Waals surface area contributed by atoms with Crippen LogP contribution in [0.2, 0.25) is 0 Å². The molecule has 2 amide bonds. The van der Waals surface area contributed by atoms with Gasteiger partial charge >= 0.3 is 0 Å². The van der Waals surface area contributed by atoms with Crippen LogP contribution in [-0.2, 0) is 17.8 Å². The molecule has 1 aromatic heterocycles. The van der Waals surface area contributed by atoms with Crippen LogP contribution in [0.15, 0.2) is 42.5 Å². The molecule has 0 bridgehead atoms. The Labute approximate surface area is 220 Å². The van der Waals surface area contributed by atoms with Crippen LogP contribution in [-0.4, -0.2) is 59.6 Å². The molecule has 3 heterocycles. The minimum Gasteiger partial charge on any atom is -0.454 e. The average molecular weight is 519 g/mol. The summed E-state index contributed by atoms with van der Waals surface area (Å²) in [4.78, 5) is 36.4. The lowest BCUT2D eigenvalue weighted by molar-refractivity contribution is -0.135. The van der Waals surface area contributed by atoms with Crippen molar-refractivity contribution in [1.82, 2.24) is 14.8 Å². The van der Waals surface area contributed by atoms with Crippen molar-refractivity contribution in [3.8, 4) is 11.5 Å². The summed E-state index contributed by atoms with van der Waals surface area (Å²) in [6.45, 7) is 6.16. The fraction of sp³-hybridized carbons (Fsp3) is 0.393. The zero-order chi connectivity index (χ0) is 25.4. The molecule has 3 aromatic rings. The summed E-state index contributed by atoms with van der Waals surface area (Å²) in [7, 11) is 0. The molecule has 3 aliphatic rings. The molecular formula is C28H30N4O4S. The summed E-state index contributed by atoms with van der Waals surface area (Å²) in [5.41, 5.74) is 3.74. The Balaban J connectivity index is 1.07. The predicted molar refractivity (Wildman–Crippen MR) is 141 cm³/mol. The molecule has 8 nitrogen and oxygen atoms in total. The first kappa shape index (κ1) is 23.9. The van der Waals surface area contributed by atoms with Crippen molar-refractivity contribution in [1.29, 1.82) is 0 Å². The Kier molecular flexibility index (Phi) is 6.56. The van der Waals surface area contributed by atoms with Crippen molar-refractivity contribution in [3.63, 3.8) is 0 Å². The van der Waals surface area contributed by atoms with E-state index in [4.69, 9.17) is 14.5 Å². The van der Waals surface area contributed by atoms with Gasteiger partial charge in [-0.1, -0.05) is 23.8 Å². The molecule has 0 radical (unpaired) electrons. The molecule has 37 heavy (non-hydrogen) atoms. The van der Waals surface area contributed by atoms with Gasteiger partial charge in [0.15, 0.2) is 16.6 Å². The highest BCUT2D eigenvalue weighted by Gasteiger charge is 2.34. The summed E-state index contributed by atoms with van der Waals surface area (Å²) in [5.74, 6) is 1.35. The van der Waals surface area contributed by atoms with E-state index in [0.717, 1.165) is 66.5 Å². The number of hydrogen-bond donors (Lipinski definition) is 1. The minimum atomic E-state index is -0.231. The molecule has 1 unspecified atom stereocenters. The van der Waals surface area contributed by atoms with Gasteiger partial charge in [0.1, 0.15) is 0 Å². The largest absolute Gasteiger partial charge is 0.454 e. The fourth-order valence-electron chi connectivity index (χ4n) is 5.23. The SMILES string of the molecule is Cc1ccc(C(=O)Nc2nc3c(s2)CCCC3C(=O)N2CCN(Cc3ccc4c(c3)OCO4)CC2)cc1. The van der Waals surface area contributed by atoms with Gasteiger partial charge in [0.05, 0.1) is 11.6 Å². The molecular weight excluding hydrogens is 488 g/mol. The van der Waals surface area contributed by atoms with Crippen LogP contribution in [0.1, 0.15) is 50.8 Å². The lowest BCUT2D eigenvalue weighted by Crippen LogP contribution is -2.49. The van der Waals surface area contributed by atoms with Gasteiger partial charge in [-0.15, -0.1) is 11.3 Å². The summed E-state index contributed by atoms with van der Waals surface area (Å²) in [6, 6.07) is 13.6. The monoisotopic (exact) mass is 518 g/mol. The maximum Gasteiger partial charge on any atom is 0.257 e. The second-order valence-electron chi connectivity index (χ2n) is 9.88. The molecule has 6 rings (SSSR count). The van der Waals surface area contributed by atoms with Crippen molar-refractivity contribution in [2.24, 2.45) is 0 Å². The van der Waals surface area contributed by atoms with Crippen LogP contribution < -0.4 is 14.8 Å². The third-order valence-corrected chi connectivity index (χ3v) is 8.36. The van der Waals surface area contributed by atoms with E-state index in [-0.39, 0.29) is 24.5 Å². The van der Waals surface area contributed by atoms with Crippen LogP contribution in [0.3, 0.4) is 0 Å². The van der Waals surface area contributed by atoms with E-state index in [2.05, 4.69) is 16.3 Å². The van der Waals surface area contributed by atoms with Gasteiger partial charge in [0.25, 0.3) is 5.91 Å². The van der Waals surface area contributed by atoms with E-state index in [1.54, 1.807) is 0 Å². The first-order chi connectivity index (χ1) is 18.0. The maximum atomic E-state index is 13.5. The number of aromatic nitrogens is 1. The smallest absolute Gasteiger partial charge is 0.257 e. The van der Waals surface area contributed by atoms with Crippen LogP contribution >= 0.6 is 11.3 Å². The molecule has 9 heteroatoms. The molecule has 0 saturated carbocycles. The van der Waals surface area contributed by atoms with Crippen LogP contribution in [0.5, 0.6) is 11.5 Å². The molecule has 1 fully saturated rings. The topological polar surface area (TPSA) is 84.0 Å². The van der Waals surface area contributed by atoms with Gasteiger partial charge < -0.3 is 14.4 Å². The quantitative estimate of drug-likeness (QED) is 0.545. The van der Waals surface area contributed by atoms with Crippen molar-refractivity contribution in [2.45, 2.75) is 38.6 Å². The Hall–Kier alpha value is -3.43. The Morgan fingerprint density at radius 1 is 1.05 bits per heavy atom. The number of carbonyl (C=O) groups excluding carboxylic acids is 2. The van der Waals surface area contributed by atoms with Gasteiger partial charge in [0.2, 0.25) is 12.7 Å². The standard InChI is InChI=1S/C28H30N4O4S/c1-18-5-8-20(9-6-18)26(33)30-28-29-25-21(3-2-4-24(25)37-28)27(34)32-13-11-31(12-14-32)16-19-7-10-22-23(15-19)36-17-35-22/h5-10,15,21H,2-4,11-14,16-17H2,1H3,(H,29,30,33). The summed E-state index contributed by atoms with van der Waals surface area (Å²) < 4.78 is 10.9. The fourth-order valence-corrected chi connectivity index (χ4v) is 6.29. The lowest BCUT2D eigenvalue weighted by Gasteiger charge is -2.37. The highest BCUT2D eigenvalue weighted by molar-refractivity contribution is 7.16. The number of piperazine rings is 1. The molecule has 0 spiro atoms. The van der Waals surface area contributed by atoms with Gasteiger partial charge in [-0.25, -0.2) is 4.98 Å². The molecule has 1 N–H and O–H groups in total. The van der Waals surface area contributed by atoms with Crippen LogP contribution in [0.4, 0.5) is 5.13 Å². The number of rotatable bonds is 5. The zero-order valence-electron chi connectivity index (χ0n) is 20.9. The number of nitrogens with zero attached hydrogens (tertiary/aromatic N) is 3. The van der Waals surface area contributed by atoms with E-state index >= 15 is 0 Å². The maximum absolute atomic E-state index is 13.5. The summed E-state index contributed by atoms with van der Waals surface area (Å²) in [5, 5.41) is 3.51. The number of nitrogens with one attached hydrogen (secondary N) is 1. The van der Waals surface area contributed by atoms with Crippen LogP contribution in [0.25, 0.3) is 0 Å². The molecule has 2 aromatic carbocycles. The van der Waals surface area contributed by atoms with Gasteiger partial charge in [-0.2, -0.15) is 0 Å². The minimum absolute atomic E-state index is 0.158. The number of carbonyl (C=O) groups is 2. The number of amides is 2. The Morgan fingerprint density at radius 3 is 2.65 bits per heavy atom. The normalized spacial score (nSPS) is 18.9. The van der Waals surface area contributed by atoms with E-state index in [9.17, 15) is 9.59 Å². The van der Waals surface area contributed by atoms with Gasteiger partial charge in [-0.05, 0) is 56.0 Å². The molecule has 1 aliphatic carbocycles. The van der Waals surface area contributed by atoms with Crippen LogP contribution in [0, 0.1) is 6.92 Å². The van der Waals surface area contributed by atoms with Crippen molar-refractivity contribution >= 4 is 28.3 Å². The number of benzene rings is 2. The zero-order valence-corrected chi connectivity index (χ0v) is 21.7. The Morgan fingerprint density at radius 2 is 1.84 bits per heavy atom. The van der Waals surface area contributed by atoms with Crippen molar-refractivity contribution in [3.05, 3.63) is 69.7 Å². The molecule has 1 atom stereocenters. The van der Waals surface area contributed by atoms with Gasteiger partial charge in [0, 0.05) is 43.2 Å². The molecule has 1 saturated heterocycles. The summed E-state index contributed by atoms with van der Waals surface area (Å²) in [6.07, 6.45) is 2.67. The number of ether oxygens (including phenoxy) is 2. The third kappa shape index (κ3) is 5.06. The third-order valence-electron chi connectivity index (χ3n) is 7.31. The van der Waals surface area contributed by atoms with E-state index < -0.39 is 0 Å². The number of hydrogen-bond acceptors (Lipinski definition) is 7. The van der Waals surface area contributed by atoms with Crippen molar-refractivity contribution < 1.29 is 19.1 Å². The highest BCUT2D eigenvalue weighted by atomic mass is 32.1. The number of fused-ring (bicyclic) bond motifs is 2. The molecule has 192 valence electrons. The second-order valence-corrected chi connectivity index (χ2v) is 11.0. The molecule has 2 aliphatic heterocycles. The predicted octanol–water partition coefficient (Wildman–Crippen LogP) is 4.20. The van der Waals surface area contributed by atoms with E-state index in [1.807, 2.05) is 48.2 Å². The van der Waals surface area contributed by atoms with Gasteiger partial charge in [-0.3, -0.25) is 19.8 Å². The number of thiazole rings is 1. The Bertz CT molecular complexity index is 1310. The average Bonchev–Trinajstić information content (AvgIpc) is 3.55.